The zero-order valence-corrected chi connectivity index (χ0v) is 21.4. The van der Waals surface area contributed by atoms with E-state index in [1.165, 1.54) is 0 Å². The molecular formula is C24H31FIN3O3. The van der Waals surface area contributed by atoms with Crippen LogP contribution in [0.2, 0.25) is 0 Å². The molecule has 1 unspecified atom stereocenters. The van der Waals surface area contributed by atoms with Gasteiger partial charge >= 0.3 is 6.09 Å². The second-order valence-corrected chi connectivity index (χ2v) is 10.3. The van der Waals surface area contributed by atoms with Gasteiger partial charge in [0.05, 0.1) is 6.20 Å². The van der Waals surface area contributed by atoms with Crippen LogP contribution in [0.4, 0.5) is 9.18 Å². The minimum atomic E-state index is -0.524. The molecule has 1 aromatic heterocycles. The fraction of sp³-hybridized carbons (Fsp3) is 0.500. The molecule has 3 rings (SSSR count). The molecule has 0 spiro atoms. The maximum atomic E-state index is 14.3. The Morgan fingerprint density at radius 1 is 1.28 bits per heavy atom. The van der Waals surface area contributed by atoms with Crippen molar-refractivity contribution in [3.8, 4) is 5.75 Å². The normalized spacial score (nSPS) is 18.3. The quantitative estimate of drug-likeness (QED) is 0.376. The molecule has 2 atom stereocenters. The first-order valence-corrected chi connectivity index (χ1v) is 11.9. The number of aryl methyl sites for hydroxylation is 1. The fourth-order valence-corrected chi connectivity index (χ4v) is 3.96. The first-order chi connectivity index (χ1) is 15.0. The maximum Gasteiger partial charge on any atom is 0.410 e. The van der Waals surface area contributed by atoms with E-state index in [0.29, 0.717) is 37.5 Å². The third kappa shape index (κ3) is 6.78. The lowest BCUT2D eigenvalue weighted by atomic mass is 10.0. The summed E-state index contributed by atoms with van der Waals surface area (Å²) < 4.78 is 27.0. The first kappa shape index (κ1) is 24.7. The highest BCUT2D eigenvalue weighted by molar-refractivity contribution is 14.1. The van der Waals surface area contributed by atoms with Crippen molar-refractivity contribution >= 4 is 28.7 Å². The average molecular weight is 555 g/mol. The standard InChI is InChI=1S/C24H31FIN3O3/c1-16-6-7-18(12-20(16)25)21(31-19-8-9-22(26)27-13-19)15-28-10-11-29(17(2)14-28)23(30)32-24(3,4)5/h6-9,12-13,17,21H,10-11,14-15H2,1-5H3/t17-,21?/m1/s1. The highest BCUT2D eigenvalue weighted by Gasteiger charge is 2.32. The lowest BCUT2D eigenvalue weighted by Crippen LogP contribution is -2.55. The number of amides is 1. The first-order valence-electron chi connectivity index (χ1n) is 10.8. The Kier molecular flexibility index (Phi) is 7.97. The SMILES string of the molecule is Cc1ccc(C(CN2CCN(C(=O)OC(C)(C)C)[C@H](C)C2)Oc2ccc(I)nc2)cc1F. The molecule has 32 heavy (non-hydrogen) atoms. The van der Waals surface area contributed by atoms with Crippen molar-refractivity contribution in [3.05, 3.63) is 57.2 Å². The number of hydrogen-bond donors (Lipinski definition) is 0. The van der Waals surface area contributed by atoms with Crippen LogP contribution in [-0.4, -0.2) is 58.7 Å². The Morgan fingerprint density at radius 2 is 2.03 bits per heavy atom. The van der Waals surface area contributed by atoms with Crippen molar-refractivity contribution in [2.45, 2.75) is 52.4 Å². The number of pyridine rings is 1. The number of carbonyl (C=O) groups excluding carboxylic acids is 1. The topological polar surface area (TPSA) is 54.9 Å². The van der Waals surface area contributed by atoms with Crippen molar-refractivity contribution in [1.82, 2.24) is 14.8 Å². The number of halogens is 2. The molecule has 1 saturated heterocycles. The molecule has 0 saturated carbocycles. The Labute approximate surface area is 203 Å². The van der Waals surface area contributed by atoms with E-state index in [0.717, 1.165) is 9.26 Å². The number of aromatic nitrogens is 1. The number of carbonyl (C=O) groups is 1. The molecule has 6 nitrogen and oxygen atoms in total. The summed E-state index contributed by atoms with van der Waals surface area (Å²) in [4.78, 5) is 20.8. The van der Waals surface area contributed by atoms with Gasteiger partial charge in [0.15, 0.2) is 0 Å². The van der Waals surface area contributed by atoms with Gasteiger partial charge in [0.1, 0.15) is 27.0 Å². The second kappa shape index (κ2) is 10.3. The molecule has 1 aromatic carbocycles. The summed E-state index contributed by atoms with van der Waals surface area (Å²) in [5, 5.41) is 0. The van der Waals surface area contributed by atoms with Crippen LogP contribution < -0.4 is 4.74 Å². The number of ether oxygens (including phenoxy) is 2. The maximum absolute atomic E-state index is 14.3. The molecule has 2 aromatic rings. The van der Waals surface area contributed by atoms with Crippen LogP contribution in [0.15, 0.2) is 36.5 Å². The summed E-state index contributed by atoms with van der Waals surface area (Å²) in [5.74, 6) is 0.386. The summed E-state index contributed by atoms with van der Waals surface area (Å²) in [6.45, 7) is 11.9. The Balaban J connectivity index is 1.72. The summed E-state index contributed by atoms with van der Waals surface area (Å²) in [7, 11) is 0. The van der Waals surface area contributed by atoms with E-state index in [1.54, 1.807) is 30.2 Å². The van der Waals surface area contributed by atoms with E-state index in [1.807, 2.05) is 45.9 Å². The van der Waals surface area contributed by atoms with Crippen molar-refractivity contribution < 1.29 is 18.7 Å². The monoisotopic (exact) mass is 555 g/mol. The molecule has 0 N–H and O–H groups in total. The minimum Gasteiger partial charge on any atom is -0.483 e. The summed E-state index contributed by atoms with van der Waals surface area (Å²) in [6, 6.07) is 8.97. The molecule has 2 heterocycles. The molecule has 8 heteroatoms. The summed E-state index contributed by atoms with van der Waals surface area (Å²) in [6.07, 6.45) is 1.03. The van der Waals surface area contributed by atoms with Gasteiger partial charge in [-0.15, -0.1) is 0 Å². The molecule has 0 radical (unpaired) electrons. The zero-order chi connectivity index (χ0) is 23.5. The molecule has 0 bridgehead atoms. The van der Waals surface area contributed by atoms with Gasteiger partial charge in [0.2, 0.25) is 0 Å². The van der Waals surface area contributed by atoms with Gasteiger partial charge in [-0.3, -0.25) is 4.90 Å². The summed E-state index contributed by atoms with van der Waals surface area (Å²) >= 11 is 2.14. The van der Waals surface area contributed by atoms with E-state index in [4.69, 9.17) is 9.47 Å². The van der Waals surface area contributed by atoms with E-state index < -0.39 is 5.60 Å². The molecule has 1 aliphatic rings. The smallest absolute Gasteiger partial charge is 0.410 e. The predicted molar refractivity (Wildman–Crippen MR) is 130 cm³/mol. The van der Waals surface area contributed by atoms with E-state index in [-0.39, 0.29) is 24.1 Å². The second-order valence-electron chi connectivity index (χ2n) is 9.21. The highest BCUT2D eigenvalue weighted by Crippen LogP contribution is 2.26. The van der Waals surface area contributed by atoms with E-state index in [2.05, 4.69) is 32.5 Å². The number of hydrogen-bond acceptors (Lipinski definition) is 5. The Hall–Kier alpha value is -1.94. The zero-order valence-electron chi connectivity index (χ0n) is 19.3. The average Bonchev–Trinajstić information content (AvgIpc) is 2.70. The Morgan fingerprint density at radius 3 is 2.62 bits per heavy atom. The van der Waals surface area contributed by atoms with Gasteiger partial charge in [-0.25, -0.2) is 14.2 Å². The lowest BCUT2D eigenvalue weighted by molar-refractivity contribution is -0.00300. The minimum absolute atomic E-state index is 0.00558. The number of piperazine rings is 1. The number of rotatable bonds is 5. The number of nitrogens with zero attached hydrogens (tertiary/aromatic N) is 3. The third-order valence-corrected chi connectivity index (χ3v) is 5.95. The van der Waals surface area contributed by atoms with Crippen LogP contribution in [-0.2, 0) is 4.74 Å². The molecule has 0 aliphatic carbocycles. The van der Waals surface area contributed by atoms with Crippen molar-refractivity contribution in [3.63, 3.8) is 0 Å². The Bertz CT molecular complexity index is 933. The van der Waals surface area contributed by atoms with Gasteiger partial charge in [0, 0.05) is 32.2 Å². The van der Waals surface area contributed by atoms with Crippen molar-refractivity contribution in [2.75, 3.05) is 26.2 Å². The molecule has 1 aliphatic heterocycles. The van der Waals surface area contributed by atoms with Crippen LogP contribution in [0.5, 0.6) is 5.75 Å². The van der Waals surface area contributed by atoms with E-state index in [9.17, 15) is 9.18 Å². The van der Waals surface area contributed by atoms with Crippen LogP contribution in [0.3, 0.4) is 0 Å². The van der Waals surface area contributed by atoms with Crippen molar-refractivity contribution in [2.24, 2.45) is 0 Å². The van der Waals surface area contributed by atoms with Crippen LogP contribution in [0.1, 0.15) is 44.9 Å². The van der Waals surface area contributed by atoms with Gasteiger partial charge in [-0.1, -0.05) is 12.1 Å². The number of benzene rings is 1. The molecule has 174 valence electrons. The van der Waals surface area contributed by atoms with Crippen molar-refractivity contribution in [1.29, 1.82) is 0 Å². The van der Waals surface area contributed by atoms with Crippen LogP contribution in [0, 0.1) is 16.4 Å². The molecular weight excluding hydrogens is 524 g/mol. The van der Waals surface area contributed by atoms with Gasteiger partial charge in [-0.05, 0) is 86.5 Å². The largest absolute Gasteiger partial charge is 0.483 e. The van der Waals surface area contributed by atoms with Gasteiger partial charge in [0.25, 0.3) is 0 Å². The molecule has 1 amide bonds. The molecule has 1 fully saturated rings. The lowest BCUT2D eigenvalue weighted by Gasteiger charge is -2.41. The fourth-order valence-electron chi connectivity index (χ4n) is 3.64. The van der Waals surface area contributed by atoms with Gasteiger partial charge in [-0.2, -0.15) is 0 Å². The predicted octanol–water partition coefficient (Wildman–Crippen LogP) is 5.20. The summed E-state index contributed by atoms with van der Waals surface area (Å²) in [5.41, 5.74) is 0.848. The van der Waals surface area contributed by atoms with Crippen LogP contribution >= 0.6 is 22.6 Å². The van der Waals surface area contributed by atoms with Gasteiger partial charge < -0.3 is 14.4 Å². The third-order valence-electron chi connectivity index (χ3n) is 5.31. The highest BCUT2D eigenvalue weighted by atomic mass is 127. The van der Waals surface area contributed by atoms with E-state index >= 15 is 0 Å². The van der Waals surface area contributed by atoms with Crippen LogP contribution in [0.25, 0.3) is 0 Å².